The number of hydrogen-bond donors (Lipinski definition) is 1. The van der Waals surface area contributed by atoms with Gasteiger partial charge in [-0.2, -0.15) is 0 Å². The molecule has 0 aromatic heterocycles. The van der Waals surface area contributed by atoms with E-state index < -0.39 is 0 Å². The van der Waals surface area contributed by atoms with Crippen LogP contribution in [0.3, 0.4) is 0 Å². The second kappa shape index (κ2) is 6.76. The molecule has 0 radical (unpaired) electrons. The number of amides is 1. The van der Waals surface area contributed by atoms with E-state index in [2.05, 4.69) is 5.32 Å². The Kier molecular flexibility index (Phi) is 6.02. The predicted molar refractivity (Wildman–Crippen MR) is 61.8 cm³/mol. The summed E-state index contributed by atoms with van der Waals surface area (Å²) >= 11 is 0. The van der Waals surface area contributed by atoms with Crippen molar-refractivity contribution in [3.8, 4) is 0 Å². The Labute approximate surface area is 90.5 Å². The highest BCUT2D eigenvalue weighted by Crippen LogP contribution is 2.12. The average molecular weight is 207 g/mol. The maximum Gasteiger partial charge on any atom is 0.221 e. The van der Waals surface area contributed by atoms with E-state index in [1.54, 1.807) is 0 Å². The summed E-state index contributed by atoms with van der Waals surface area (Å²) in [4.78, 5) is 20.1. The lowest BCUT2D eigenvalue weighted by molar-refractivity contribution is -0.115. The molecular weight excluding hydrogens is 190 g/mol. The van der Waals surface area contributed by atoms with Gasteiger partial charge in [0.15, 0.2) is 0 Å². The van der Waals surface area contributed by atoms with Gasteiger partial charge in [-0.25, -0.2) is 0 Å². The Morgan fingerprint density at radius 2 is 1.53 bits per heavy atom. The first-order valence-electron chi connectivity index (χ1n) is 4.74. The van der Waals surface area contributed by atoms with Crippen LogP contribution in [0.15, 0.2) is 24.3 Å². The van der Waals surface area contributed by atoms with Crippen molar-refractivity contribution in [2.75, 3.05) is 5.32 Å². The highest BCUT2D eigenvalue weighted by Gasteiger charge is 1.96. The number of Topliss-reactive ketones (excluding diaryl/α,β-unsaturated/α-hetero) is 1. The van der Waals surface area contributed by atoms with Crippen molar-refractivity contribution in [2.24, 2.45) is 0 Å². The molecule has 0 aliphatic rings. The summed E-state index contributed by atoms with van der Waals surface area (Å²) in [5.74, 6) is 0.138. The number of carbonyl (C=O) groups excluding carboxylic acids is 2. The number of ketones is 1. The van der Waals surface area contributed by atoms with E-state index in [9.17, 15) is 9.59 Å². The van der Waals surface area contributed by atoms with Gasteiger partial charge < -0.3 is 10.1 Å². The number of para-hydroxylation sites is 1. The van der Waals surface area contributed by atoms with Gasteiger partial charge in [-0.15, -0.1) is 0 Å². The fourth-order valence-electron chi connectivity index (χ4n) is 0.903. The maximum absolute atomic E-state index is 10.7. The van der Waals surface area contributed by atoms with Crippen LogP contribution in [-0.4, -0.2) is 11.7 Å². The summed E-state index contributed by atoms with van der Waals surface area (Å²) < 4.78 is 0. The van der Waals surface area contributed by atoms with E-state index >= 15 is 0 Å². The second-order valence-corrected chi connectivity index (χ2v) is 3.40. The van der Waals surface area contributed by atoms with Gasteiger partial charge in [-0.05, 0) is 32.4 Å². The Morgan fingerprint density at radius 3 is 1.93 bits per heavy atom. The molecule has 0 spiro atoms. The summed E-state index contributed by atoms with van der Waals surface area (Å²) in [5.41, 5.74) is 1.97. The molecule has 1 rings (SSSR count). The second-order valence-electron chi connectivity index (χ2n) is 3.40. The van der Waals surface area contributed by atoms with Gasteiger partial charge in [0.05, 0.1) is 0 Å². The normalized spacial score (nSPS) is 8.53. The first-order valence-corrected chi connectivity index (χ1v) is 4.74. The standard InChI is InChI=1S/C9H11NO.C3H6O/c1-7-5-3-4-6-9(7)10-8(2)11;1-3(2)4/h3-6H,1-2H3,(H,10,11);1-2H3. The Bertz CT molecular complexity index is 341. The van der Waals surface area contributed by atoms with Crippen LogP contribution in [0.5, 0.6) is 0 Å². The zero-order valence-corrected chi connectivity index (χ0v) is 9.63. The number of benzene rings is 1. The Morgan fingerprint density at radius 1 is 1.07 bits per heavy atom. The Hall–Kier alpha value is -1.64. The van der Waals surface area contributed by atoms with Crippen molar-refractivity contribution >= 4 is 17.4 Å². The average Bonchev–Trinajstić information content (AvgIpc) is 2.07. The summed E-state index contributed by atoms with van der Waals surface area (Å²) in [6.45, 7) is 6.53. The SMILES string of the molecule is CC(=O)Nc1ccccc1C.CC(C)=O. The van der Waals surface area contributed by atoms with Crippen molar-refractivity contribution in [2.45, 2.75) is 27.7 Å². The van der Waals surface area contributed by atoms with Gasteiger partial charge in [0, 0.05) is 12.6 Å². The minimum Gasteiger partial charge on any atom is -0.326 e. The third kappa shape index (κ3) is 7.43. The smallest absolute Gasteiger partial charge is 0.221 e. The lowest BCUT2D eigenvalue weighted by Crippen LogP contribution is -2.06. The number of rotatable bonds is 1. The highest BCUT2D eigenvalue weighted by atomic mass is 16.1. The number of carbonyl (C=O) groups is 2. The predicted octanol–water partition coefficient (Wildman–Crippen LogP) is 2.55. The number of anilines is 1. The molecule has 0 bridgehead atoms. The topological polar surface area (TPSA) is 46.2 Å². The van der Waals surface area contributed by atoms with Crippen molar-refractivity contribution in [3.63, 3.8) is 0 Å². The molecule has 3 nitrogen and oxygen atoms in total. The Balaban J connectivity index is 0.000000423. The molecule has 1 N–H and O–H groups in total. The van der Waals surface area contributed by atoms with Gasteiger partial charge >= 0.3 is 0 Å². The minimum absolute atomic E-state index is 0.0284. The van der Waals surface area contributed by atoms with Crippen molar-refractivity contribution < 1.29 is 9.59 Å². The summed E-state index contributed by atoms with van der Waals surface area (Å²) in [7, 11) is 0. The lowest BCUT2D eigenvalue weighted by atomic mass is 10.2. The van der Waals surface area contributed by atoms with E-state index in [1.165, 1.54) is 20.8 Å². The largest absolute Gasteiger partial charge is 0.326 e. The fourth-order valence-corrected chi connectivity index (χ4v) is 0.903. The number of hydrogen-bond acceptors (Lipinski definition) is 2. The molecule has 82 valence electrons. The van der Waals surface area contributed by atoms with Crippen LogP contribution in [0.2, 0.25) is 0 Å². The number of nitrogens with one attached hydrogen (secondary N) is 1. The van der Waals surface area contributed by atoms with E-state index in [4.69, 9.17) is 0 Å². The van der Waals surface area contributed by atoms with Crippen LogP contribution in [-0.2, 0) is 9.59 Å². The molecule has 0 unspecified atom stereocenters. The first-order chi connectivity index (χ1) is 6.93. The van der Waals surface area contributed by atoms with Gasteiger partial charge in [-0.3, -0.25) is 4.79 Å². The molecule has 0 fully saturated rings. The van der Waals surface area contributed by atoms with Crippen molar-refractivity contribution in [1.82, 2.24) is 0 Å². The summed E-state index contributed by atoms with van der Waals surface area (Å²) in [6.07, 6.45) is 0. The van der Waals surface area contributed by atoms with Crippen LogP contribution in [0, 0.1) is 6.92 Å². The van der Waals surface area contributed by atoms with Crippen molar-refractivity contribution in [3.05, 3.63) is 29.8 Å². The van der Waals surface area contributed by atoms with E-state index in [1.807, 2.05) is 31.2 Å². The summed E-state index contributed by atoms with van der Waals surface area (Å²) in [6, 6.07) is 7.70. The molecule has 0 atom stereocenters. The molecule has 0 aliphatic carbocycles. The fraction of sp³-hybridized carbons (Fsp3) is 0.333. The molecule has 15 heavy (non-hydrogen) atoms. The molecule has 0 saturated carbocycles. The highest BCUT2D eigenvalue weighted by molar-refractivity contribution is 5.89. The van der Waals surface area contributed by atoms with Crippen LogP contribution >= 0.6 is 0 Å². The van der Waals surface area contributed by atoms with Crippen molar-refractivity contribution in [1.29, 1.82) is 0 Å². The monoisotopic (exact) mass is 207 g/mol. The molecule has 1 amide bonds. The van der Waals surface area contributed by atoms with Gasteiger partial charge in [0.2, 0.25) is 5.91 Å². The quantitative estimate of drug-likeness (QED) is 0.769. The molecule has 1 aromatic rings. The lowest BCUT2D eigenvalue weighted by Gasteiger charge is -2.03. The molecule has 0 heterocycles. The maximum atomic E-state index is 10.7. The van der Waals surface area contributed by atoms with Crippen LogP contribution in [0.25, 0.3) is 0 Å². The first kappa shape index (κ1) is 13.4. The van der Waals surface area contributed by atoms with Gasteiger partial charge in [-0.1, -0.05) is 18.2 Å². The number of aryl methyl sites for hydroxylation is 1. The van der Waals surface area contributed by atoms with Gasteiger partial charge in [0.1, 0.15) is 5.78 Å². The van der Waals surface area contributed by atoms with Gasteiger partial charge in [0.25, 0.3) is 0 Å². The third-order valence-electron chi connectivity index (χ3n) is 1.46. The van der Waals surface area contributed by atoms with E-state index in [0.29, 0.717) is 0 Å². The van der Waals surface area contributed by atoms with Crippen LogP contribution in [0.4, 0.5) is 5.69 Å². The molecule has 0 aliphatic heterocycles. The van der Waals surface area contributed by atoms with E-state index in [-0.39, 0.29) is 11.7 Å². The third-order valence-corrected chi connectivity index (χ3v) is 1.46. The molecule has 0 saturated heterocycles. The van der Waals surface area contributed by atoms with E-state index in [0.717, 1.165) is 11.3 Å². The zero-order chi connectivity index (χ0) is 11.8. The summed E-state index contributed by atoms with van der Waals surface area (Å²) in [5, 5.41) is 2.73. The molecular formula is C12H17NO2. The van der Waals surface area contributed by atoms with Crippen LogP contribution in [0.1, 0.15) is 26.3 Å². The molecule has 3 heteroatoms. The molecule has 1 aromatic carbocycles. The minimum atomic E-state index is -0.0284. The van der Waals surface area contributed by atoms with Crippen LogP contribution < -0.4 is 5.32 Å². The zero-order valence-electron chi connectivity index (χ0n) is 9.63.